The zero-order chi connectivity index (χ0) is 11.5. The monoisotopic (exact) mass is 209 g/mol. The third kappa shape index (κ3) is 3.26. The van der Waals surface area contributed by atoms with Crippen LogP contribution in [0.25, 0.3) is 0 Å². The smallest absolute Gasteiger partial charge is 0.203 e. The van der Waals surface area contributed by atoms with Crippen molar-refractivity contribution in [3.63, 3.8) is 0 Å². The molecule has 3 heteroatoms. The van der Waals surface area contributed by atoms with E-state index in [2.05, 4.69) is 48.8 Å². The second-order valence-electron chi connectivity index (χ2n) is 4.75. The molecule has 0 fully saturated rings. The molecule has 0 saturated carbocycles. The van der Waals surface area contributed by atoms with Crippen LogP contribution in [0.5, 0.6) is 0 Å². The SMILES string of the molecule is CCCC(C)(C)Nc1nc(C)cn1CC. The Morgan fingerprint density at radius 1 is 1.40 bits per heavy atom. The van der Waals surface area contributed by atoms with Crippen molar-refractivity contribution in [3.05, 3.63) is 11.9 Å². The Morgan fingerprint density at radius 3 is 2.60 bits per heavy atom. The molecule has 0 aliphatic heterocycles. The summed E-state index contributed by atoms with van der Waals surface area (Å²) in [4.78, 5) is 4.50. The van der Waals surface area contributed by atoms with Gasteiger partial charge in [-0.25, -0.2) is 4.98 Å². The number of aryl methyl sites for hydroxylation is 2. The van der Waals surface area contributed by atoms with E-state index >= 15 is 0 Å². The number of aromatic nitrogens is 2. The molecule has 0 atom stereocenters. The average molecular weight is 209 g/mol. The molecule has 1 aromatic rings. The summed E-state index contributed by atoms with van der Waals surface area (Å²) in [5, 5.41) is 3.51. The topological polar surface area (TPSA) is 29.9 Å². The maximum Gasteiger partial charge on any atom is 0.203 e. The highest BCUT2D eigenvalue weighted by Gasteiger charge is 2.18. The Bertz CT molecular complexity index is 313. The molecular weight excluding hydrogens is 186 g/mol. The van der Waals surface area contributed by atoms with E-state index in [1.807, 2.05) is 6.92 Å². The quantitative estimate of drug-likeness (QED) is 0.807. The Balaban J connectivity index is 2.78. The van der Waals surface area contributed by atoms with Crippen molar-refractivity contribution >= 4 is 5.95 Å². The van der Waals surface area contributed by atoms with Crippen LogP contribution in [0.1, 0.15) is 46.2 Å². The summed E-state index contributed by atoms with van der Waals surface area (Å²) in [5.74, 6) is 0.994. The number of rotatable bonds is 5. The zero-order valence-corrected chi connectivity index (χ0v) is 10.6. The largest absolute Gasteiger partial charge is 0.351 e. The minimum atomic E-state index is 0.124. The predicted octanol–water partition coefficient (Wildman–Crippen LogP) is 3.20. The number of anilines is 1. The Hall–Kier alpha value is -0.990. The van der Waals surface area contributed by atoms with Crippen molar-refractivity contribution in [2.45, 2.75) is 59.5 Å². The molecule has 0 unspecified atom stereocenters. The van der Waals surface area contributed by atoms with Crippen LogP contribution in [0, 0.1) is 6.92 Å². The van der Waals surface area contributed by atoms with E-state index < -0.39 is 0 Å². The fourth-order valence-corrected chi connectivity index (χ4v) is 1.88. The number of nitrogens with one attached hydrogen (secondary N) is 1. The summed E-state index contributed by atoms with van der Waals surface area (Å²) in [6, 6.07) is 0. The lowest BCUT2D eigenvalue weighted by atomic mass is 9.99. The summed E-state index contributed by atoms with van der Waals surface area (Å²) in [6.07, 6.45) is 4.43. The van der Waals surface area contributed by atoms with E-state index in [1.54, 1.807) is 0 Å². The highest BCUT2D eigenvalue weighted by molar-refractivity contribution is 5.32. The molecule has 0 aliphatic carbocycles. The minimum absolute atomic E-state index is 0.124. The number of nitrogens with zero attached hydrogens (tertiary/aromatic N) is 2. The lowest BCUT2D eigenvalue weighted by Crippen LogP contribution is -2.32. The first-order valence-electron chi connectivity index (χ1n) is 5.80. The van der Waals surface area contributed by atoms with Gasteiger partial charge in [0.1, 0.15) is 0 Å². The molecule has 0 radical (unpaired) electrons. The molecule has 86 valence electrons. The molecular formula is C12H23N3. The van der Waals surface area contributed by atoms with Crippen LogP contribution in [-0.4, -0.2) is 15.1 Å². The molecule has 0 aliphatic rings. The van der Waals surface area contributed by atoms with Crippen molar-refractivity contribution in [2.75, 3.05) is 5.32 Å². The van der Waals surface area contributed by atoms with Crippen LogP contribution in [0.15, 0.2) is 6.20 Å². The molecule has 0 bridgehead atoms. The van der Waals surface area contributed by atoms with Crippen LogP contribution in [0.3, 0.4) is 0 Å². The van der Waals surface area contributed by atoms with E-state index in [-0.39, 0.29) is 5.54 Å². The van der Waals surface area contributed by atoms with Gasteiger partial charge in [0.05, 0.1) is 5.69 Å². The van der Waals surface area contributed by atoms with Gasteiger partial charge in [0.25, 0.3) is 0 Å². The van der Waals surface area contributed by atoms with Crippen molar-refractivity contribution in [1.82, 2.24) is 9.55 Å². The summed E-state index contributed by atoms with van der Waals surface area (Å²) in [7, 11) is 0. The van der Waals surface area contributed by atoms with E-state index in [0.717, 1.165) is 24.6 Å². The Kier molecular flexibility index (Phi) is 3.77. The Morgan fingerprint density at radius 2 is 2.07 bits per heavy atom. The minimum Gasteiger partial charge on any atom is -0.351 e. The van der Waals surface area contributed by atoms with E-state index in [0.29, 0.717) is 0 Å². The predicted molar refractivity (Wildman–Crippen MR) is 65.2 cm³/mol. The average Bonchev–Trinajstić information content (AvgIpc) is 2.44. The molecule has 0 saturated heterocycles. The molecule has 3 nitrogen and oxygen atoms in total. The summed E-state index contributed by atoms with van der Waals surface area (Å²) in [6.45, 7) is 11.8. The number of hydrogen-bond acceptors (Lipinski definition) is 2. The molecule has 0 amide bonds. The van der Waals surface area contributed by atoms with E-state index in [4.69, 9.17) is 0 Å². The number of imidazole rings is 1. The fraction of sp³-hybridized carbons (Fsp3) is 0.750. The molecule has 15 heavy (non-hydrogen) atoms. The standard InChI is InChI=1S/C12H23N3/c1-6-8-12(4,5)14-11-13-10(3)9-15(11)7-2/h9H,6-8H2,1-5H3,(H,13,14). The Labute approximate surface area is 92.9 Å². The number of hydrogen-bond donors (Lipinski definition) is 1. The summed E-state index contributed by atoms with van der Waals surface area (Å²) in [5.41, 5.74) is 1.20. The second kappa shape index (κ2) is 4.69. The van der Waals surface area contributed by atoms with E-state index in [1.165, 1.54) is 6.42 Å². The molecule has 1 heterocycles. The fourth-order valence-electron chi connectivity index (χ4n) is 1.88. The first-order chi connectivity index (χ1) is 6.98. The third-order valence-corrected chi connectivity index (χ3v) is 2.56. The van der Waals surface area contributed by atoms with Crippen molar-refractivity contribution < 1.29 is 0 Å². The van der Waals surface area contributed by atoms with Gasteiger partial charge in [0, 0.05) is 18.3 Å². The van der Waals surface area contributed by atoms with Gasteiger partial charge in [-0.1, -0.05) is 13.3 Å². The van der Waals surface area contributed by atoms with Crippen molar-refractivity contribution in [2.24, 2.45) is 0 Å². The van der Waals surface area contributed by atoms with Gasteiger partial charge in [-0.15, -0.1) is 0 Å². The van der Waals surface area contributed by atoms with Crippen molar-refractivity contribution in [3.8, 4) is 0 Å². The maximum atomic E-state index is 4.50. The van der Waals surface area contributed by atoms with E-state index in [9.17, 15) is 0 Å². The van der Waals surface area contributed by atoms with Crippen molar-refractivity contribution in [1.29, 1.82) is 0 Å². The third-order valence-electron chi connectivity index (χ3n) is 2.56. The first-order valence-corrected chi connectivity index (χ1v) is 5.80. The zero-order valence-electron chi connectivity index (χ0n) is 10.6. The van der Waals surface area contributed by atoms with Crippen LogP contribution in [-0.2, 0) is 6.54 Å². The van der Waals surface area contributed by atoms with Gasteiger partial charge in [-0.2, -0.15) is 0 Å². The van der Waals surface area contributed by atoms with Crippen LogP contribution >= 0.6 is 0 Å². The van der Waals surface area contributed by atoms with Gasteiger partial charge in [-0.3, -0.25) is 0 Å². The van der Waals surface area contributed by atoms with Gasteiger partial charge >= 0.3 is 0 Å². The second-order valence-corrected chi connectivity index (χ2v) is 4.75. The maximum absolute atomic E-state index is 4.50. The molecule has 1 aromatic heterocycles. The molecule has 1 N–H and O–H groups in total. The molecule has 0 spiro atoms. The lowest BCUT2D eigenvalue weighted by Gasteiger charge is -2.26. The van der Waals surface area contributed by atoms with Gasteiger partial charge in [0.15, 0.2) is 0 Å². The highest BCUT2D eigenvalue weighted by Crippen LogP contribution is 2.19. The van der Waals surface area contributed by atoms with Gasteiger partial charge < -0.3 is 9.88 Å². The van der Waals surface area contributed by atoms with Gasteiger partial charge in [0.2, 0.25) is 5.95 Å². The summed E-state index contributed by atoms with van der Waals surface area (Å²) < 4.78 is 2.16. The van der Waals surface area contributed by atoms with Crippen LogP contribution in [0.4, 0.5) is 5.95 Å². The van der Waals surface area contributed by atoms with Gasteiger partial charge in [-0.05, 0) is 34.1 Å². The molecule has 1 rings (SSSR count). The molecule has 0 aromatic carbocycles. The summed E-state index contributed by atoms with van der Waals surface area (Å²) >= 11 is 0. The lowest BCUT2D eigenvalue weighted by molar-refractivity contribution is 0.502. The normalized spacial score (nSPS) is 11.8. The van der Waals surface area contributed by atoms with Crippen LogP contribution < -0.4 is 5.32 Å². The van der Waals surface area contributed by atoms with Crippen LogP contribution in [0.2, 0.25) is 0 Å². The highest BCUT2D eigenvalue weighted by atomic mass is 15.2. The first kappa shape index (κ1) is 12.1.